The number of hydrogen-bond donors (Lipinski definition) is 1. The van der Waals surface area contributed by atoms with Crippen LogP contribution in [0.5, 0.6) is 0 Å². The van der Waals surface area contributed by atoms with Gasteiger partial charge in [-0.15, -0.1) is 5.10 Å². The van der Waals surface area contributed by atoms with E-state index in [1.807, 2.05) is 6.92 Å². The van der Waals surface area contributed by atoms with Crippen LogP contribution < -0.4 is 0 Å². The van der Waals surface area contributed by atoms with Crippen LogP contribution in [0.4, 0.5) is 0 Å². The number of nitrogens with zero attached hydrogens (tertiary/aromatic N) is 2. The molecule has 102 valence electrons. The number of aromatic nitrogens is 2. The predicted molar refractivity (Wildman–Crippen MR) is 78.6 cm³/mol. The van der Waals surface area contributed by atoms with Gasteiger partial charge in [-0.2, -0.15) is 0 Å². The number of benzene rings is 1. The van der Waals surface area contributed by atoms with Crippen LogP contribution in [0.3, 0.4) is 0 Å². The van der Waals surface area contributed by atoms with Gasteiger partial charge in [0.05, 0.1) is 10.6 Å². The molecule has 0 fully saturated rings. The van der Waals surface area contributed by atoms with Gasteiger partial charge in [0.15, 0.2) is 0 Å². The maximum absolute atomic E-state index is 10.6. The molecule has 0 saturated heterocycles. The second-order valence-electron chi connectivity index (χ2n) is 5.03. The van der Waals surface area contributed by atoms with Crippen LogP contribution in [-0.4, -0.2) is 14.7 Å². The minimum atomic E-state index is -0.610. The summed E-state index contributed by atoms with van der Waals surface area (Å²) in [5.41, 5.74) is 5.47. The summed E-state index contributed by atoms with van der Waals surface area (Å²) in [7, 11) is 0. The third-order valence-electron chi connectivity index (χ3n) is 3.50. The molecule has 0 aliphatic heterocycles. The Kier molecular flexibility index (Phi) is 4.32. The minimum absolute atomic E-state index is 0.610. The lowest BCUT2D eigenvalue weighted by Gasteiger charge is -2.15. The Morgan fingerprint density at radius 3 is 2.53 bits per heavy atom. The van der Waals surface area contributed by atoms with Crippen molar-refractivity contribution in [2.24, 2.45) is 0 Å². The highest BCUT2D eigenvalue weighted by atomic mass is 32.1. The first-order chi connectivity index (χ1) is 9.04. The first kappa shape index (κ1) is 14.2. The zero-order chi connectivity index (χ0) is 14.0. The maximum atomic E-state index is 10.6. The Labute approximate surface area is 118 Å². The SMILES string of the molecule is CCCc1nnsc1C(O)c1cc(C)c(C)cc1C. The molecule has 0 bridgehead atoms. The molecule has 0 aliphatic rings. The van der Waals surface area contributed by atoms with E-state index in [1.54, 1.807) is 0 Å². The number of hydrogen-bond acceptors (Lipinski definition) is 4. The molecule has 1 aromatic carbocycles. The van der Waals surface area contributed by atoms with Crippen LogP contribution in [-0.2, 0) is 6.42 Å². The monoisotopic (exact) mass is 276 g/mol. The second-order valence-corrected chi connectivity index (χ2v) is 5.82. The van der Waals surface area contributed by atoms with Crippen LogP contribution in [0.1, 0.15) is 52.3 Å². The normalized spacial score (nSPS) is 12.7. The fourth-order valence-corrected chi connectivity index (χ4v) is 2.95. The standard InChI is InChI=1S/C15H20N2OS/c1-5-6-13-15(19-17-16-13)14(18)12-8-10(3)9(2)7-11(12)4/h7-8,14,18H,5-6H2,1-4H3. The molecule has 3 nitrogen and oxygen atoms in total. The molecule has 1 aromatic heterocycles. The molecule has 1 unspecified atom stereocenters. The molecule has 0 spiro atoms. The van der Waals surface area contributed by atoms with Crippen molar-refractivity contribution in [2.75, 3.05) is 0 Å². The van der Waals surface area contributed by atoms with E-state index in [-0.39, 0.29) is 0 Å². The van der Waals surface area contributed by atoms with Gasteiger partial charge >= 0.3 is 0 Å². The van der Waals surface area contributed by atoms with E-state index in [0.29, 0.717) is 0 Å². The van der Waals surface area contributed by atoms with E-state index >= 15 is 0 Å². The lowest BCUT2D eigenvalue weighted by Crippen LogP contribution is -2.04. The zero-order valence-corrected chi connectivity index (χ0v) is 12.7. The molecule has 0 radical (unpaired) electrons. The molecule has 2 rings (SSSR count). The van der Waals surface area contributed by atoms with E-state index < -0.39 is 6.10 Å². The molecule has 19 heavy (non-hydrogen) atoms. The van der Waals surface area contributed by atoms with E-state index in [4.69, 9.17) is 0 Å². The molecule has 1 N–H and O–H groups in total. The fraction of sp³-hybridized carbons (Fsp3) is 0.467. The van der Waals surface area contributed by atoms with Gasteiger partial charge in [-0.1, -0.05) is 30.0 Å². The van der Waals surface area contributed by atoms with E-state index in [0.717, 1.165) is 34.5 Å². The summed E-state index contributed by atoms with van der Waals surface area (Å²) >= 11 is 1.30. The smallest absolute Gasteiger partial charge is 0.117 e. The molecule has 2 aromatic rings. The summed E-state index contributed by atoms with van der Waals surface area (Å²) in [5.74, 6) is 0. The molecular weight excluding hydrogens is 256 g/mol. The quantitative estimate of drug-likeness (QED) is 0.929. The molecule has 1 atom stereocenters. The summed E-state index contributed by atoms with van der Waals surface area (Å²) in [6.07, 6.45) is 1.27. The first-order valence-corrected chi connectivity index (χ1v) is 7.38. The van der Waals surface area contributed by atoms with Crippen LogP contribution in [0.15, 0.2) is 12.1 Å². The van der Waals surface area contributed by atoms with Gasteiger partial charge < -0.3 is 5.11 Å². The summed E-state index contributed by atoms with van der Waals surface area (Å²) < 4.78 is 3.99. The van der Waals surface area contributed by atoms with Crippen molar-refractivity contribution in [2.45, 2.75) is 46.6 Å². The van der Waals surface area contributed by atoms with Gasteiger partial charge in [0.2, 0.25) is 0 Å². The van der Waals surface area contributed by atoms with Crippen molar-refractivity contribution in [1.29, 1.82) is 0 Å². The fourth-order valence-electron chi connectivity index (χ4n) is 2.25. The van der Waals surface area contributed by atoms with Crippen LogP contribution in [0.25, 0.3) is 0 Å². The molecular formula is C15H20N2OS. The zero-order valence-electron chi connectivity index (χ0n) is 11.9. The van der Waals surface area contributed by atoms with Gasteiger partial charge in [0.25, 0.3) is 0 Å². The molecule has 4 heteroatoms. The molecule has 1 heterocycles. The third-order valence-corrected chi connectivity index (χ3v) is 4.32. The summed E-state index contributed by atoms with van der Waals surface area (Å²) in [4.78, 5) is 0.883. The Balaban J connectivity index is 2.41. The highest BCUT2D eigenvalue weighted by molar-refractivity contribution is 7.05. The molecule has 0 aliphatic carbocycles. The van der Waals surface area contributed by atoms with Crippen LogP contribution in [0, 0.1) is 20.8 Å². The van der Waals surface area contributed by atoms with E-state index in [2.05, 4.69) is 42.5 Å². The number of rotatable bonds is 4. The topological polar surface area (TPSA) is 46.0 Å². The summed E-state index contributed by atoms with van der Waals surface area (Å²) in [6, 6.07) is 4.20. The minimum Gasteiger partial charge on any atom is -0.383 e. The summed E-state index contributed by atoms with van der Waals surface area (Å²) in [5, 5.41) is 14.7. The lowest BCUT2D eigenvalue weighted by atomic mass is 9.96. The van der Waals surface area contributed by atoms with Crippen molar-refractivity contribution < 1.29 is 5.11 Å². The highest BCUT2D eigenvalue weighted by Gasteiger charge is 2.20. The number of aliphatic hydroxyl groups is 1. The van der Waals surface area contributed by atoms with Crippen molar-refractivity contribution in [1.82, 2.24) is 9.59 Å². The van der Waals surface area contributed by atoms with Gasteiger partial charge in [-0.25, -0.2) is 0 Å². The Bertz CT molecular complexity index is 578. The van der Waals surface area contributed by atoms with Crippen LogP contribution >= 0.6 is 11.5 Å². The van der Waals surface area contributed by atoms with Crippen molar-refractivity contribution >= 4 is 11.5 Å². The third kappa shape index (κ3) is 2.85. The Morgan fingerprint density at radius 2 is 1.84 bits per heavy atom. The summed E-state index contributed by atoms with van der Waals surface area (Å²) in [6.45, 7) is 8.31. The number of aliphatic hydroxyl groups excluding tert-OH is 1. The van der Waals surface area contributed by atoms with E-state index in [1.165, 1.54) is 22.7 Å². The van der Waals surface area contributed by atoms with Crippen molar-refractivity contribution in [3.05, 3.63) is 45.0 Å². The number of aryl methyl sites for hydroxylation is 4. The lowest BCUT2D eigenvalue weighted by molar-refractivity contribution is 0.222. The Hall–Kier alpha value is -1.26. The van der Waals surface area contributed by atoms with Crippen molar-refractivity contribution in [3.8, 4) is 0 Å². The largest absolute Gasteiger partial charge is 0.383 e. The van der Waals surface area contributed by atoms with Gasteiger partial charge in [-0.3, -0.25) is 0 Å². The van der Waals surface area contributed by atoms with Gasteiger partial charge in [0, 0.05) is 0 Å². The first-order valence-electron chi connectivity index (χ1n) is 6.61. The molecule has 0 saturated carbocycles. The average Bonchev–Trinajstić information content (AvgIpc) is 2.82. The van der Waals surface area contributed by atoms with Gasteiger partial charge in [-0.05, 0) is 61.0 Å². The highest BCUT2D eigenvalue weighted by Crippen LogP contribution is 2.31. The maximum Gasteiger partial charge on any atom is 0.117 e. The average molecular weight is 276 g/mol. The molecule has 0 amide bonds. The van der Waals surface area contributed by atoms with Gasteiger partial charge in [0.1, 0.15) is 6.10 Å². The predicted octanol–water partition coefficient (Wildman–Crippen LogP) is 3.50. The Morgan fingerprint density at radius 1 is 1.16 bits per heavy atom. The second kappa shape index (κ2) is 5.80. The van der Waals surface area contributed by atoms with E-state index in [9.17, 15) is 5.11 Å². The van der Waals surface area contributed by atoms with Crippen LogP contribution in [0.2, 0.25) is 0 Å². The van der Waals surface area contributed by atoms with Crippen molar-refractivity contribution in [3.63, 3.8) is 0 Å².